The Hall–Kier alpha value is -2.41. The number of aliphatic hydroxyl groups is 1. The van der Waals surface area contributed by atoms with Gasteiger partial charge in [-0.1, -0.05) is 13.8 Å². The molecule has 4 atom stereocenters. The summed E-state index contributed by atoms with van der Waals surface area (Å²) in [6, 6.07) is 1.40. The van der Waals surface area contributed by atoms with E-state index in [4.69, 9.17) is 9.47 Å². The first kappa shape index (κ1) is 22.3. The molecule has 3 rings (SSSR count). The Bertz CT molecular complexity index is 919. The van der Waals surface area contributed by atoms with Crippen molar-refractivity contribution in [2.45, 2.75) is 84.0 Å². The summed E-state index contributed by atoms with van der Waals surface area (Å²) in [5.74, 6) is -1.12. The Morgan fingerprint density at radius 1 is 1.13 bits per heavy atom. The van der Waals surface area contributed by atoms with Crippen molar-refractivity contribution < 1.29 is 34.1 Å². The van der Waals surface area contributed by atoms with Crippen LogP contribution < -0.4 is 0 Å². The molecule has 0 unspecified atom stereocenters. The van der Waals surface area contributed by atoms with Crippen molar-refractivity contribution in [3.8, 4) is 5.75 Å². The molecule has 0 radical (unpaired) electrons. The minimum Gasteiger partial charge on any atom is -0.508 e. The third-order valence-corrected chi connectivity index (χ3v) is 7.54. The van der Waals surface area contributed by atoms with Crippen molar-refractivity contribution in [1.82, 2.24) is 0 Å². The highest BCUT2D eigenvalue weighted by Gasteiger charge is 2.70. The lowest BCUT2D eigenvalue weighted by molar-refractivity contribution is -0.248. The van der Waals surface area contributed by atoms with E-state index in [0.717, 1.165) is 11.1 Å². The Kier molecular flexibility index (Phi) is 5.26. The molecular weight excluding hydrogens is 388 g/mol. The number of phenolic OH excluding ortho intramolecular Hbond substituents is 1. The first-order valence-electron chi connectivity index (χ1n) is 10.2. The average molecular weight is 418 g/mol. The minimum absolute atomic E-state index is 0.114. The van der Waals surface area contributed by atoms with Crippen LogP contribution in [0.2, 0.25) is 0 Å². The SMILES string of the molecule is CC(=O)O[C@H]1C[C@@H](OC(C)=O)C(C)(C)[C@]2(O)CCc3c(C)c(C=O)cc(O)c3[C@@]12C. The summed E-state index contributed by atoms with van der Waals surface area (Å²) in [6.45, 7) is 9.85. The van der Waals surface area contributed by atoms with E-state index in [0.29, 0.717) is 30.3 Å². The summed E-state index contributed by atoms with van der Waals surface area (Å²) in [4.78, 5) is 35.2. The monoisotopic (exact) mass is 418 g/mol. The highest BCUT2D eigenvalue weighted by atomic mass is 16.6. The molecule has 0 aromatic heterocycles. The lowest BCUT2D eigenvalue weighted by atomic mass is 9.45. The van der Waals surface area contributed by atoms with Gasteiger partial charge in [-0.05, 0) is 43.9 Å². The first-order chi connectivity index (χ1) is 13.8. The van der Waals surface area contributed by atoms with Gasteiger partial charge >= 0.3 is 11.9 Å². The number of benzene rings is 1. The topological polar surface area (TPSA) is 110 Å². The Balaban J connectivity index is 2.31. The number of esters is 2. The molecule has 7 nitrogen and oxygen atoms in total. The number of fused-ring (bicyclic) bond motifs is 3. The predicted octanol–water partition coefficient (Wildman–Crippen LogP) is 2.74. The highest BCUT2D eigenvalue weighted by Crippen LogP contribution is 2.62. The number of rotatable bonds is 3. The Labute approximate surface area is 176 Å². The molecule has 0 bridgehead atoms. The van der Waals surface area contributed by atoms with E-state index in [1.165, 1.54) is 19.9 Å². The Morgan fingerprint density at radius 2 is 1.70 bits per heavy atom. The lowest BCUT2D eigenvalue weighted by Gasteiger charge is -2.64. The maximum atomic E-state index is 12.2. The molecule has 2 aliphatic carbocycles. The average Bonchev–Trinajstić information content (AvgIpc) is 2.63. The molecule has 0 aliphatic heterocycles. The van der Waals surface area contributed by atoms with Gasteiger partial charge in [-0.25, -0.2) is 0 Å². The molecule has 0 heterocycles. The van der Waals surface area contributed by atoms with E-state index >= 15 is 0 Å². The molecule has 2 aliphatic rings. The molecule has 1 aromatic rings. The van der Waals surface area contributed by atoms with Crippen LogP contribution in [0, 0.1) is 12.3 Å². The normalized spacial score (nSPS) is 31.8. The van der Waals surface area contributed by atoms with E-state index in [1.807, 2.05) is 20.8 Å². The van der Waals surface area contributed by atoms with Crippen LogP contribution in [0.15, 0.2) is 6.07 Å². The van der Waals surface area contributed by atoms with Gasteiger partial charge < -0.3 is 19.7 Å². The van der Waals surface area contributed by atoms with Crippen LogP contribution in [0.4, 0.5) is 0 Å². The van der Waals surface area contributed by atoms with E-state index in [2.05, 4.69) is 0 Å². The van der Waals surface area contributed by atoms with Crippen LogP contribution in [0.5, 0.6) is 5.75 Å². The number of hydrogen-bond acceptors (Lipinski definition) is 7. The largest absolute Gasteiger partial charge is 0.508 e. The summed E-state index contributed by atoms with van der Waals surface area (Å²) in [5.41, 5.74) is -1.14. The van der Waals surface area contributed by atoms with Gasteiger partial charge in [0.1, 0.15) is 24.2 Å². The number of ether oxygens (including phenoxy) is 2. The highest BCUT2D eigenvalue weighted by molar-refractivity contribution is 5.80. The molecule has 1 saturated carbocycles. The lowest BCUT2D eigenvalue weighted by Crippen LogP contribution is -2.73. The molecular formula is C23H30O7. The maximum absolute atomic E-state index is 12.2. The van der Waals surface area contributed by atoms with Crippen molar-refractivity contribution in [2.24, 2.45) is 5.41 Å². The number of carbonyl (C=O) groups is 3. The molecule has 7 heteroatoms. The molecule has 1 aromatic carbocycles. The van der Waals surface area contributed by atoms with Gasteiger partial charge in [0.15, 0.2) is 0 Å². The zero-order chi connectivity index (χ0) is 22.6. The summed E-state index contributed by atoms with van der Waals surface area (Å²) in [6.07, 6.45) is 0.0648. The van der Waals surface area contributed by atoms with Gasteiger partial charge in [0.05, 0.1) is 11.0 Å². The molecule has 2 N–H and O–H groups in total. The van der Waals surface area contributed by atoms with Crippen molar-refractivity contribution in [3.05, 3.63) is 28.3 Å². The summed E-state index contributed by atoms with van der Waals surface area (Å²) in [7, 11) is 0. The molecule has 0 saturated heterocycles. The second kappa shape index (κ2) is 7.08. The van der Waals surface area contributed by atoms with E-state index in [9.17, 15) is 24.6 Å². The number of carbonyl (C=O) groups excluding carboxylic acids is 3. The zero-order valence-electron chi connectivity index (χ0n) is 18.4. The first-order valence-corrected chi connectivity index (χ1v) is 10.2. The third kappa shape index (κ3) is 2.86. The van der Waals surface area contributed by atoms with Gasteiger partial charge in [-0.3, -0.25) is 14.4 Å². The van der Waals surface area contributed by atoms with Gasteiger partial charge in [0.25, 0.3) is 0 Å². The predicted molar refractivity (Wildman–Crippen MR) is 108 cm³/mol. The van der Waals surface area contributed by atoms with E-state index in [-0.39, 0.29) is 12.2 Å². The summed E-state index contributed by atoms with van der Waals surface area (Å²) < 4.78 is 11.2. The number of hydrogen-bond donors (Lipinski definition) is 2. The van der Waals surface area contributed by atoms with Crippen LogP contribution in [0.25, 0.3) is 0 Å². The summed E-state index contributed by atoms with van der Waals surface area (Å²) >= 11 is 0. The quantitative estimate of drug-likeness (QED) is 0.574. The minimum atomic E-state index is -1.46. The van der Waals surface area contributed by atoms with Crippen molar-refractivity contribution in [2.75, 3.05) is 0 Å². The van der Waals surface area contributed by atoms with Gasteiger partial charge in [-0.2, -0.15) is 0 Å². The molecule has 164 valence electrons. The number of phenols is 1. The van der Waals surface area contributed by atoms with Gasteiger partial charge in [-0.15, -0.1) is 0 Å². The summed E-state index contributed by atoms with van der Waals surface area (Å²) in [5, 5.41) is 23.1. The fraction of sp³-hybridized carbons (Fsp3) is 0.609. The standard InChI is InChI=1S/C23H30O7/c1-12-15(11-24)9-17(27)20-16(12)7-8-23(28)21(4,5)18(29-13(2)25)10-19(22(20,23)6)30-14(3)26/h9,11,18-19,27-28H,7-8,10H2,1-6H3/t18-,19+,22-,23-/m1/s1. The van der Waals surface area contributed by atoms with Crippen LogP contribution >= 0.6 is 0 Å². The molecule has 0 spiro atoms. The van der Waals surface area contributed by atoms with Crippen LogP contribution in [-0.4, -0.2) is 46.2 Å². The van der Waals surface area contributed by atoms with E-state index < -0.39 is 40.6 Å². The van der Waals surface area contributed by atoms with Crippen LogP contribution in [0.3, 0.4) is 0 Å². The van der Waals surface area contributed by atoms with Crippen LogP contribution in [-0.2, 0) is 30.9 Å². The zero-order valence-corrected chi connectivity index (χ0v) is 18.4. The van der Waals surface area contributed by atoms with Crippen molar-refractivity contribution in [3.63, 3.8) is 0 Å². The van der Waals surface area contributed by atoms with Crippen molar-refractivity contribution >= 4 is 18.2 Å². The van der Waals surface area contributed by atoms with Gasteiger partial charge in [0.2, 0.25) is 0 Å². The Morgan fingerprint density at radius 3 is 2.23 bits per heavy atom. The van der Waals surface area contributed by atoms with Crippen molar-refractivity contribution in [1.29, 1.82) is 0 Å². The number of aromatic hydroxyl groups is 1. The van der Waals surface area contributed by atoms with Crippen LogP contribution in [0.1, 0.15) is 74.5 Å². The fourth-order valence-corrected chi connectivity index (χ4v) is 5.80. The second-order valence-electron chi connectivity index (χ2n) is 9.30. The molecule has 1 fully saturated rings. The maximum Gasteiger partial charge on any atom is 0.302 e. The third-order valence-electron chi connectivity index (χ3n) is 7.54. The molecule has 30 heavy (non-hydrogen) atoms. The smallest absolute Gasteiger partial charge is 0.302 e. The number of aldehydes is 1. The van der Waals surface area contributed by atoms with E-state index in [1.54, 1.807) is 6.92 Å². The second-order valence-corrected chi connectivity index (χ2v) is 9.30. The fourth-order valence-electron chi connectivity index (χ4n) is 5.80. The molecule has 0 amide bonds. The van der Waals surface area contributed by atoms with Gasteiger partial charge in [0, 0.05) is 36.8 Å².